The Hall–Kier alpha value is -0.713. The smallest absolute Gasteiger partial charge is 0.330 e. The quantitative estimate of drug-likeness (QED) is 0.248. The molecule has 0 aliphatic heterocycles. The van der Waals surface area contributed by atoms with Gasteiger partial charge >= 0.3 is 5.97 Å². The molecule has 0 aromatic rings. The van der Waals surface area contributed by atoms with Gasteiger partial charge < -0.3 is 4.74 Å². The van der Waals surface area contributed by atoms with E-state index in [2.05, 4.69) is 6.58 Å². The largest absolute Gasteiger partial charge is 0.463 e. The van der Waals surface area contributed by atoms with Crippen LogP contribution < -0.4 is 0 Å². The van der Waals surface area contributed by atoms with Crippen molar-refractivity contribution < 1.29 is 18.3 Å². The maximum atomic E-state index is 11.9. The summed E-state index contributed by atoms with van der Waals surface area (Å²) in [6.07, 6.45) is 7.22. The molecule has 0 N–H and O–H groups in total. The molecule has 0 aliphatic rings. The van der Waals surface area contributed by atoms with E-state index in [-0.39, 0.29) is 5.97 Å². The van der Waals surface area contributed by atoms with Gasteiger partial charge in [-0.25, -0.2) is 13.6 Å². The lowest BCUT2D eigenvalue weighted by Gasteiger charge is -2.02. The second kappa shape index (κ2) is 11.8. The molecule has 0 saturated carbocycles. The standard InChI is InChI=1S/C12H22F2O2Si/c1-2-11(15)16-9-7-5-3-4-6-8-10-17-12(13)14/h2,12H,1,3-10,17H2. The van der Waals surface area contributed by atoms with Crippen molar-refractivity contribution in [2.24, 2.45) is 0 Å². The van der Waals surface area contributed by atoms with Gasteiger partial charge in [0, 0.05) is 6.08 Å². The Bertz CT molecular complexity index is 211. The average Bonchev–Trinajstić information content (AvgIpc) is 2.30. The summed E-state index contributed by atoms with van der Waals surface area (Å²) in [4.78, 5) is 10.7. The van der Waals surface area contributed by atoms with E-state index in [4.69, 9.17) is 4.74 Å². The number of alkyl halides is 2. The third-order valence-corrected chi connectivity index (χ3v) is 3.82. The molecule has 0 bridgehead atoms. The monoisotopic (exact) mass is 264 g/mol. The van der Waals surface area contributed by atoms with Crippen LogP contribution in [0.15, 0.2) is 12.7 Å². The lowest BCUT2D eigenvalue weighted by atomic mass is 10.1. The van der Waals surface area contributed by atoms with E-state index >= 15 is 0 Å². The highest BCUT2D eigenvalue weighted by Gasteiger charge is 2.02. The fourth-order valence-electron chi connectivity index (χ4n) is 1.52. The van der Waals surface area contributed by atoms with Gasteiger partial charge in [-0.3, -0.25) is 0 Å². The van der Waals surface area contributed by atoms with Gasteiger partial charge in [-0.2, -0.15) is 0 Å². The molecule has 0 aromatic heterocycles. The van der Waals surface area contributed by atoms with Crippen molar-refractivity contribution in [2.45, 2.75) is 50.6 Å². The molecular formula is C12H22F2O2Si. The Morgan fingerprint density at radius 3 is 2.35 bits per heavy atom. The third-order valence-electron chi connectivity index (χ3n) is 2.48. The molecule has 0 spiro atoms. The molecule has 0 aromatic carbocycles. The van der Waals surface area contributed by atoms with Gasteiger partial charge in [-0.05, 0) is 6.42 Å². The molecule has 0 heterocycles. The fraction of sp³-hybridized carbons (Fsp3) is 0.750. The van der Waals surface area contributed by atoms with Crippen molar-refractivity contribution in [3.63, 3.8) is 0 Å². The lowest BCUT2D eigenvalue weighted by Crippen LogP contribution is -2.02. The number of unbranched alkanes of at least 4 members (excludes halogenated alkanes) is 5. The number of carbonyl (C=O) groups is 1. The SMILES string of the molecule is C=CC(=O)OCCCCCCCC[SiH2]C(F)F. The maximum absolute atomic E-state index is 11.9. The van der Waals surface area contributed by atoms with E-state index in [0.717, 1.165) is 50.6 Å². The predicted molar refractivity (Wildman–Crippen MR) is 68.2 cm³/mol. The molecule has 0 unspecified atom stereocenters. The number of carbonyl (C=O) groups excluding carboxylic acids is 1. The van der Waals surface area contributed by atoms with Crippen molar-refractivity contribution in [2.75, 3.05) is 6.61 Å². The zero-order valence-corrected chi connectivity index (χ0v) is 11.7. The van der Waals surface area contributed by atoms with Crippen molar-refractivity contribution in [3.05, 3.63) is 12.7 Å². The minimum Gasteiger partial charge on any atom is -0.463 e. The zero-order valence-electron chi connectivity index (χ0n) is 10.3. The minimum absolute atomic E-state index is 0.373. The van der Waals surface area contributed by atoms with Gasteiger partial charge in [0.25, 0.3) is 0 Å². The van der Waals surface area contributed by atoms with Crippen LogP contribution in [0.25, 0.3) is 0 Å². The van der Waals surface area contributed by atoms with Crippen molar-refractivity contribution in [1.29, 1.82) is 0 Å². The zero-order chi connectivity index (χ0) is 12.9. The maximum Gasteiger partial charge on any atom is 0.330 e. The van der Waals surface area contributed by atoms with Gasteiger partial charge in [-0.15, -0.1) is 0 Å². The number of ether oxygens (including phenoxy) is 1. The van der Waals surface area contributed by atoms with Crippen LogP contribution >= 0.6 is 0 Å². The molecule has 100 valence electrons. The average molecular weight is 264 g/mol. The Labute approximate surface area is 104 Å². The first kappa shape index (κ1) is 16.3. The number of rotatable bonds is 11. The van der Waals surface area contributed by atoms with Gasteiger partial charge in [0.2, 0.25) is 6.05 Å². The second-order valence-corrected chi connectivity index (χ2v) is 5.93. The second-order valence-electron chi connectivity index (χ2n) is 4.03. The van der Waals surface area contributed by atoms with Crippen LogP contribution in [0.5, 0.6) is 0 Å². The van der Waals surface area contributed by atoms with E-state index in [9.17, 15) is 13.6 Å². The molecule has 2 nitrogen and oxygen atoms in total. The van der Waals surface area contributed by atoms with Crippen LogP contribution in [0.1, 0.15) is 38.5 Å². The highest BCUT2D eigenvalue weighted by molar-refractivity contribution is 6.36. The van der Waals surface area contributed by atoms with Crippen LogP contribution in [0.3, 0.4) is 0 Å². The van der Waals surface area contributed by atoms with E-state index in [1.807, 2.05) is 0 Å². The summed E-state index contributed by atoms with van der Waals surface area (Å²) in [6.45, 7) is 3.75. The van der Waals surface area contributed by atoms with Gasteiger partial charge in [-0.1, -0.05) is 44.7 Å². The number of esters is 1. The summed E-state index contributed by atoms with van der Waals surface area (Å²) in [5.74, 6) is -0.373. The van der Waals surface area contributed by atoms with E-state index < -0.39 is 15.6 Å². The Morgan fingerprint density at radius 1 is 1.18 bits per heavy atom. The Kier molecular flexibility index (Phi) is 11.3. The lowest BCUT2D eigenvalue weighted by molar-refractivity contribution is -0.137. The van der Waals surface area contributed by atoms with Crippen LogP contribution in [0.4, 0.5) is 8.78 Å². The highest BCUT2D eigenvalue weighted by atomic mass is 28.2. The molecule has 17 heavy (non-hydrogen) atoms. The summed E-state index contributed by atoms with van der Waals surface area (Å²) >= 11 is 0. The number of hydrogen-bond donors (Lipinski definition) is 0. The fourth-order valence-corrected chi connectivity index (χ4v) is 2.47. The van der Waals surface area contributed by atoms with Crippen LogP contribution in [-0.2, 0) is 9.53 Å². The third kappa shape index (κ3) is 13.2. The molecule has 0 rings (SSSR count). The van der Waals surface area contributed by atoms with Crippen molar-refractivity contribution in [3.8, 4) is 0 Å². The minimum atomic E-state index is -2.02. The highest BCUT2D eigenvalue weighted by Crippen LogP contribution is 2.08. The molecular weight excluding hydrogens is 242 g/mol. The first-order valence-electron chi connectivity index (χ1n) is 6.24. The topological polar surface area (TPSA) is 26.3 Å². The summed E-state index contributed by atoms with van der Waals surface area (Å²) in [5.41, 5.74) is 0. The molecule has 0 atom stereocenters. The Balaban J connectivity index is 3.03. The number of hydrogen-bond acceptors (Lipinski definition) is 2. The predicted octanol–water partition coefficient (Wildman–Crippen LogP) is 2.87. The molecule has 0 amide bonds. The molecule has 0 fully saturated rings. The van der Waals surface area contributed by atoms with Crippen LogP contribution in [0, 0.1) is 0 Å². The summed E-state index contributed by atoms with van der Waals surface area (Å²) in [7, 11) is -1.11. The normalized spacial score (nSPS) is 11.2. The molecule has 0 radical (unpaired) electrons. The number of halogens is 2. The first-order valence-corrected chi connectivity index (χ1v) is 8.06. The molecule has 0 saturated heterocycles. The van der Waals surface area contributed by atoms with Gasteiger partial charge in [0.15, 0.2) is 0 Å². The molecule has 5 heteroatoms. The van der Waals surface area contributed by atoms with E-state index in [1.165, 1.54) is 0 Å². The van der Waals surface area contributed by atoms with Crippen LogP contribution in [-0.4, -0.2) is 28.1 Å². The molecule has 0 aliphatic carbocycles. The first-order chi connectivity index (χ1) is 8.16. The van der Waals surface area contributed by atoms with Crippen molar-refractivity contribution in [1.82, 2.24) is 0 Å². The summed E-state index contributed by atoms with van der Waals surface area (Å²) in [6, 6.07) is -1.26. The summed E-state index contributed by atoms with van der Waals surface area (Å²) in [5, 5.41) is 0. The Morgan fingerprint density at radius 2 is 1.76 bits per heavy atom. The van der Waals surface area contributed by atoms with E-state index in [1.54, 1.807) is 0 Å². The van der Waals surface area contributed by atoms with Crippen molar-refractivity contribution >= 4 is 15.5 Å². The van der Waals surface area contributed by atoms with Crippen LogP contribution in [0.2, 0.25) is 6.04 Å². The van der Waals surface area contributed by atoms with Gasteiger partial charge in [0.05, 0.1) is 6.61 Å². The van der Waals surface area contributed by atoms with E-state index in [0.29, 0.717) is 6.61 Å². The summed E-state index contributed by atoms with van der Waals surface area (Å²) < 4.78 is 28.5. The van der Waals surface area contributed by atoms with Gasteiger partial charge in [0.1, 0.15) is 9.52 Å².